The molecule has 2 heterocycles. The Morgan fingerprint density at radius 3 is 2.55 bits per heavy atom. The molecule has 0 saturated carbocycles. The van der Waals surface area contributed by atoms with E-state index in [1.807, 2.05) is 6.92 Å². The van der Waals surface area contributed by atoms with Crippen LogP contribution >= 0.6 is 0 Å². The van der Waals surface area contributed by atoms with E-state index in [4.69, 9.17) is 0 Å². The van der Waals surface area contributed by atoms with Crippen molar-refractivity contribution in [1.82, 2.24) is 4.98 Å². The average molecular weight is 288 g/mol. The predicted molar refractivity (Wildman–Crippen MR) is 73.8 cm³/mol. The summed E-state index contributed by atoms with van der Waals surface area (Å²) in [6.45, 7) is 1.87. The van der Waals surface area contributed by atoms with Crippen LogP contribution in [0.3, 0.4) is 0 Å². The van der Waals surface area contributed by atoms with Crippen LogP contribution in [0.4, 0.5) is 5.82 Å². The van der Waals surface area contributed by atoms with Gasteiger partial charge in [0.25, 0.3) is 10.0 Å². The van der Waals surface area contributed by atoms with Gasteiger partial charge < -0.3 is 0 Å². The number of sulfonamides is 1. The predicted octanol–water partition coefficient (Wildman–Crippen LogP) is 1.67. The van der Waals surface area contributed by atoms with E-state index < -0.39 is 15.9 Å². The normalized spacial score (nSPS) is 14.4. The number of benzene rings is 1. The average Bonchev–Trinajstić information content (AvgIpc) is 2.75. The molecule has 0 unspecified atom stereocenters. The lowest BCUT2D eigenvalue weighted by atomic mass is 10.2. The zero-order valence-corrected chi connectivity index (χ0v) is 11.6. The zero-order valence-electron chi connectivity index (χ0n) is 10.8. The third-order valence-electron chi connectivity index (χ3n) is 3.19. The molecule has 1 aromatic carbocycles. The molecule has 1 aliphatic rings. The van der Waals surface area contributed by atoms with Crippen LogP contribution < -0.4 is 4.31 Å². The summed E-state index contributed by atoms with van der Waals surface area (Å²) in [6, 6.07) is 9.80. The summed E-state index contributed by atoms with van der Waals surface area (Å²) in [4.78, 5) is 16.1. The van der Waals surface area contributed by atoms with Crippen molar-refractivity contribution in [2.45, 2.75) is 18.2 Å². The van der Waals surface area contributed by atoms with Crippen molar-refractivity contribution in [1.29, 1.82) is 0 Å². The quantitative estimate of drug-likeness (QED) is 0.843. The molecule has 1 aliphatic heterocycles. The number of carbonyl (C=O) groups is 1. The first-order valence-electron chi connectivity index (χ1n) is 6.09. The number of amides is 1. The van der Waals surface area contributed by atoms with Gasteiger partial charge in [0.15, 0.2) is 5.82 Å². The van der Waals surface area contributed by atoms with E-state index in [-0.39, 0.29) is 17.1 Å². The molecule has 1 amide bonds. The smallest absolute Gasteiger partial charge is 0.272 e. The van der Waals surface area contributed by atoms with E-state index in [1.54, 1.807) is 24.3 Å². The molecule has 0 bridgehead atoms. The number of hydrogen-bond acceptors (Lipinski definition) is 4. The number of nitrogens with zero attached hydrogens (tertiary/aromatic N) is 2. The minimum absolute atomic E-state index is 0.0638. The fourth-order valence-corrected chi connectivity index (χ4v) is 3.58. The third-order valence-corrected chi connectivity index (χ3v) is 4.91. The van der Waals surface area contributed by atoms with Gasteiger partial charge >= 0.3 is 0 Å². The third kappa shape index (κ3) is 1.89. The standard InChI is InChI=1S/C14H12N2O3S/c1-10-4-6-12(7-5-10)20(18,19)16-13(17)9-11-3-2-8-15-14(11)16/h2-8H,9H2,1H3. The van der Waals surface area contributed by atoms with Crippen molar-refractivity contribution in [3.63, 3.8) is 0 Å². The van der Waals surface area contributed by atoms with Gasteiger partial charge in [0.1, 0.15) is 0 Å². The van der Waals surface area contributed by atoms with Crippen molar-refractivity contribution < 1.29 is 13.2 Å². The number of pyridine rings is 1. The topological polar surface area (TPSA) is 67.3 Å². The van der Waals surface area contributed by atoms with Gasteiger partial charge in [0, 0.05) is 11.8 Å². The lowest BCUT2D eigenvalue weighted by Crippen LogP contribution is -2.34. The monoisotopic (exact) mass is 288 g/mol. The molecule has 6 heteroatoms. The summed E-state index contributed by atoms with van der Waals surface area (Å²) < 4.78 is 26.0. The van der Waals surface area contributed by atoms with Gasteiger partial charge in [-0.2, -0.15) is 4.31 Å². The van der Waals surface area contributed by atoms with Gasteiger partial charge in [0.05, 0.1) is 11.3 Å². The minimum Gasteiger partial charge on any atom is -0.273 e. The zero-order chi connectivity index (χ0) is 14.3. The van der Waals surface area contributed by atoms with Crippen LogP contribution in [0.25, 0.3) is 0 Å². The highest BCUT2D eigenvalue weighted by molar-refractivity contribution is 7.93. The SMILES string of the molecule is Cc1ccc(S(=O)(=O)N2C(=O)Cc3cccnc32)cc1. The van der Waals surface area contributed by atoms with E-state index in [1.165, 1.54) is 18.3 Å². The summed E-state index contributed by atoms with van der Waals surface area (Å²) in [5.74, 6) is -0.266. The fourth-order valence-electron chi connectivity index (χ4n) is 2.17. The molecule has 20 heavy (non-hydrogen) atoms. The van der Waals surface area contributed by atoms with Crippen LogP contribution in [0.1, 0.15) is 11.1 Å². The van der Waals surface area contributed by atoms with Crippen LogP contribution in [0.15, 0.2) is 47.5 Å². The number of fused-ring (bicyclic) bond motifs is 1. The molecule has 1 aromatic heterocycles. The first-order valence-corrected chi connectivity index (χ1v) is 7.53. The first-order chi connectivity index (χ1) is 9.50. The van der Waals surface area contributed by atoms with E-state index >= 15 is 0 Å². The number of anilines is 1. The maximum absolute atomic E-state index is 12.6. The highest BCUT2D eigenvalue weighted by atomic mass is 32.2. The van der Waals surface area contributed by atoms with Gasteiger partial charge in [0.2, 0.25) is 5.91 Å². The Bertz CT molecular complexity index is 782. The molecule has 3 rings (SSSR count). The summed E-state index contributed by atoms with van der Waals surface area (Å²) in [5, 5.41) is 0. The highest BCUT2D eigenvalue weighted by Crippen LogP contribution is 2.31. The van der Waals surface area contributed by atoms with Gasteiger partial charge in [-0.25, -0.2) is 13.4 Å². The second-order valence-electron chi connectivity index (χ2n) is 4.64. The molecule has 2 aromatic rings. The van der Waals surface area contributed by atoms with Crippen LogP contribution in [0.5, 0.6) is 0 Å². The maximum Gasteiger partial charge on any atom is 0.272 e. The Hall–Kier alpha value is -2.21. The second kappa shape index (κ2) is 4.42. The molecule has 0 radical (unpaired) electrons. The van der Waals surface area contributed by atoms with E-state index in [2.05, 4.69) is 4.98 Å². The van der Waals surface area contributed by atoms with Crippen molar-refractivity contribution >= 4 is 21.7 Å². The van der Waals surface area contributed by atoms with Crippen LogP contribution in [-0.2, 0) is 21.2 Å². The molecule has 0 saturated heterocycles. The number of carbonyl (C=O) groups excluding carboxylic acids is 1. The Kier molecular flexibility index (Phi) is 2.83. The van der Waals surface area contributed by atoms with Gasteiger partial charge in [-0.05, 0) is 25.1 Å². The first kappa shape index (κ1) is 12.8. The molecular weight excluding hydrogens is 276 g/mol. The Balaban J connectivity index is 2.13. The van der Waals surface area contributed by atoms with Gasteiger partial charge in [-0.15, -0.1) is 0 Å². The van der Waals surface area contributed by atoms with Crippen LogP contribution in [0, 0.1) is 6.92 Å². The fraction of sp³-hybridized carbons (Fsp3) is 0.143. The maximum atomic E-state index is 12.6. The number of rotatable bonds is 2. The largest absolute Gasteiger partial charge is 0.273 e. The lowest BCUT2D eigenvalue weighted by Gasteiger charge is -2.16. The highest BCUT2D eigenvalue weighted by Gasteiger charge is 2.38. The molecule has 0 fully saturated rings. The number of hydrogen-bond donors (Lipinski definition) is 0. The van der Waals surface area contributed by atoms with Gasteiger partial charge in [-0.1, -0.05) is 23.8 Å². The summed E-state index contributed by atoms with van der Waals surface area (Å²) in [5.41, 5.74) is 1.59. The number of aromatic nitrogens is 1. The molecule has 0 atom stereocenters. The molecule has 0 spiro atoms. The van der Waals surface area contributed by atoms with Crippen molar-refractivity contribution in [3.05, 3.63) is 53.7 Å². The van der Waals surface area contributed by atoms with Crippen LogP contribution in [-0.4, -0.2) is 19.3 Å². The Morgan fingerprint density at radius 2 is 1.85 bits per heavy atom. The lowest BCUT2D eigenvalue weighted by molar-refractivity contribution is -0.116. The molecule has 5 nitrogen and oxygen atoms in total. The minimum atomic E-state index is -3.90. The van der Waals surface area contributed by atoms with Crippen LogP contribution in [0.2, 0.25) is 0 Å². The summed E-state index contributed by atoms with van der Waals surface area (Å²) >= 11 is 0. The second-order valence-corrected chi connectivity index (χ2v) is 6.43. The molecule has 0 aliphatic carbocycles. The van der Waals surface area contributed by atoms with Gasteiger partial charge in [-0.3, -0.25) is 4.79 Å². The molecule has 0 N–H and O–H groups in total. The summed E-state index contributed by atoms with van der Waals surface area (Å²) in [7, 11) is -3.90. The number of aryl methyl sites for hydroxylation is 1. The van der Waals surface area contributed by atoms with Crippen molar-refractivity contribution in [3.8, 4) is 0 Å². The summed E-state index contributed by atoms with van der Waals surface area (Å²) in [6.07, 6.45) is 1.54. The Morgan fingerprint density at radius 1 is 1.15 bits per heavy atom. The molecular formula is C14H12N2O3S. The Labute approximate surface area is 116 Å². The van der Waals surface area contributed by atoms with E-state index in [0.717, 1.165) is 9.87 Å². The van der Waals surface area contributed by atoms with Crippen molar-refractivity contribution in [2.24, 2.45) is 0 Å². The molecule has 102 valence electrons. The van der Waals surface area contributed by atoms with E-state index in [9.17, 15) is 13.2 Å². The van der Waals surface area contributed by atoms with E-state index in [0.29, 0.717) is 5.56 Å². The van der Waals surface area contributed by atoms with Crippen molar-refractivity contribution in [2.75, 3.05) is 4.31 Å².